The summed E-state index contributed by atoms with van der Waals surface area (Å²) >= 11 is 0. The third-order valence-corrected chi connectivity index (χ3v) is 3.25. The van der Waals surface area contributed by atoms with Crippen molar-refractivity contribution < 1.29 is 4.74 Å². The van der Waals surface area contributed by atoms with Crippen molar-refractivity contribution in [1.82, 2.24) is 4.90 Å². The molecule has 1 saturated carbocycles. The number of hydrogen-bond donors (Lipinski definition) is 0. The SMILES string of the molecule is CC1(CN2CCCCCOC2)CC1. The summed E-state index contributed by atoms with van der Waals surface area (Å²) in [5, 5.41) is 0. The van der Waals surface area contributed by atoms with E-state index in [2.05, 4.69) is 11.8 Å². The van der Waals surface area contributed by atoms with Gasteiger partial charge in [-0.1, -0.05) is 6.92 Å². The summed E-state index contributed by atoms with van der Waals surface area (Å²) in [5.41, 5.74) is 0.641. The molecule has 0 N–H and O–H groups in total. The maximum absolute atomic E-state index is 5.59. The van der Waals surface area contributed by atoms with Gasteiger partial charge in [0.05, 0.1) is 6.73 Å². The molecule has 2 nitrogen and oxygen atoms in total. The topological polar surface area (TPSA) is 12.5 Å². The first-order valence-electron chi connectivity index (χ1n) is 5.59. The number of rotatable bonds is 2. The second kappa shape index (κ2) is 3.97. The molecular weight excluding hydrogens is 162 g/mol. The number of ether oxygens (including phenoxy) is 1. The van der Waals surface area contributed by atoms with Crippen molar-refractivity contribution in [2.75, 3.05) is 26.4 Å². The number of hydrogen-bond acceptors (Lipinski definition) is 2. The maximum atomic E-state index is 5.59. The highest BCUT2D eigenvalue weighted by Gasteiger charge is 2.38. The highest BCUT2D eigenvalue weighted by Crippen LogP contribution is 2.45. The fourth-order valence-corrected chi connectivity index (χ4v) is 2.01. The molecule has 0 spiro atoms. The van der Waals surface area contributed by atoms with Crippen LogP contribution in [-0.2, 0) is 4.74 Å². The molecule has 2 fully saturated rings. The van der Waals surface area contributed by atoms with Crippen LogP contribution in [0.4, 0.5) is 0 Å². The van der Waals surface area contributed by atoms with Crippen LogP contribution < -0.4 is 0 Å². The third-order valence-electron chi connectivity index (χ3n) is 3.25. The van der Waals surface area contributed by atoms with Crippen LogP contribution in [0, 0.1) is 5.41 Å². The van der Waals surface area contributed by atoms with Crippen LogP contribution in [0.5, 0.6) is 0 Å². The van der Waals surface area contributed by atoms with Gasteiger partial charge in [-0.3, -0.25) is 4.90 Å². The molecule has 2 heteroatoms. The zero-order valence-electron chi connectivity index (χ0n) is 8.72. The predicted molar refractivity (Wildman–Crippen MR) is 53.6 cm³/mol. The largest absolute Gasteiger partial charge is 0.366 e. The summed E-state index contributed by atoms with van der Waals surface area (Å²) < 4.78 is 5.59. The van der Waals surface area contributed by atoms with Crippen LogP contribution in [0.25, 0.3) is 0 Å². The molecule has 1 saturated heterocycles. The number of nitrogens with zero attached hydrogens (tertiary/aromatic N) is 1. The molecule has 1 aliphatic heterocycles. The van der Waals surface area contributed by atoms with Crippen LogP contribution in [0.3, 0.4) is 0 Å². The molecule has 0 bridgehead atoms. The van der Waals surface area contributed by atoms with Crippen LogP contribution in [0.15, 0.2) is 0 Å². The van der Waals surface area contributed by atoms with E-state index in [0.29, 0.717) is 5.41 Å². The lowest BCUT2D eigenvalue weighted by molar-refractivity contribution is 0.00619. The van der Waals surface area contributed by atoms with Crippen molar-refractivity contribution in [2.45, 2.75) is 39.0 Å². The average molecular weight is 183 g/mol. The summed E-state index contributed by atoms with van der Waals surface area (Å²) in [5.74, 6) is 0. The average Bonchev–Trinajstić information content (AvgIpc) is 2.75. The molecule has 13 heavy (non-hydrogen) atoms. The second-order valence-corrected chi connectivity index (χ2v) is 4.96. The van der Waals surface area contributed by atoms with E-state index in [1.807, 2.05) is 0 Å². The first kappa shape index (κ1) is 9.47. The van der Waals surface area contributed by atoms with E-state index in [4.69, 9.17) is 4.74 Å². The molecule has 76 valence electrons. The predicted octanol–water partition coefficient (Wildman–Crippen LogP) is 2.25. The normalized spacial score (nSPS) is 29.3. The Balaban J connectivity index is 1.75. The van der Waals surface area contributed by atoms with Crippen molar-refractivity contribution in [3.8, 4) is 0 Å². The fraction of sp³-hybridized carbons (Fsp3) is 1.00. The van der Waals surface area contributed by atoms with Crippen LogP contribution in [0.1, 0.15) is 39.0 Å². The van der Waals surface area contributed by atoms with E-state index in [1.165, 1.54) is 45.2 Å². The Morgan fingerprint density at radius 3 is 2.85 bits per heavy atom. The van der Waals surface area contributed by atoms with E-state index >= 15 is 0 Å². The summed E-state index contributed by atoms with van der Waals surface area (Å²) in [4.78, 5) is 2.49. The molecule has 1 aliphatic carbocycles. The Hall–Kier alpha value is -0.0800. The van der Waals surface area contributed by atoms with Gasteiger partial charge in [-0.25, -0.2) is 0 Å². The van der Waals surface area contributed by atoms with Crippen molar-refractivity contribution >= 4 is 0 Å². The van der Waals surface area contributed by atoms with Gasteiger partial charge in [-0.15, -0.1) is 0 Å². The minimum atomic E-state index is 0.641. The fourth-order valence-electron chi connectivity index (χ4n) is 2.01. The molecule has 0 radical (unpaired) electrons. The Bertz CT molecular complexity index is 157. The van der Waals surface area contributed by atoms with Gasteiger partial charge in [0, 0.05) is 19.7 Å². The summed E-state index contributed by atoms with van der Waals surface area (Å²) in [7, 11) is 0. The van der Waals surface area contributed by atoms with E-state index in [0.717, 1.165) is 13.3 Å². The molecule has 1 heterocycles. The first-order valence-corrected chi connectivity index (χ1v) is 5.59. The molecular formula is C11H21NO. The summed E-state index contributed by atoms with van der Waals surface area (Å²) in [6.45, 7) is 6.73. The van der Waals surface area contributed by atoms with E-state index in [-0.39, 0.29) is 0 Å². The van der Waals surface area contributed by atoms with E-state index < -0.39 is 0 Å². The molecule has 0 aromatic carbocycles. The van der Waals surface area contributed by atoms with Gasteiger partial charge in [-0.2, -0.15) is 0 Å². The van der Waals surface area contributed by atoms with Crippen molar-refractivity contribution in [2.24, 2.45) is 5.41 Å². The molecule has 0 atom stereocenters. The molecule has 0 aromatic rings. The minimum Gasteiger partial charge on any atom is -0.366 e. The molecule has 0 amide bonds. The monoisotopic (exact) mass is 183 g/mol. The second-order valence-electron chi connectivity index (χ2n) is 4.96. The lowest BCUT2D eigenvalue weighted by Gasteiger charge is -2.27. The molecule has 0 unspecified atom stereocenters. The zero-order valence-corrected chi connectivity index (χ0v) is 8.72. The Morgan fingerprint density at radius 2 is 2.08 bits per heavy atom. The summed E-state index contributed by atoms with van der Waals surface area (Å²) in [6.07, 6.45) is 6.80. The quantitative estimate of drug-likeness (QED) is 0.651. The molecule has 2 rings (SSSR count). The Kier molecular flexibility index (Phi) is 2.89. The van der Waals surface area contributed by atoms with E-state index in [9.17, 15) is 0 Å². The van der Waals surface area contributed by atoms with Crippen molar-refractivity contribution in [3.05, 3.63) is 0 Å². The highest BCUT2D eigenvalue weighted by molar-refractivity contribution is 4.90. The smallest absolute Gasteiger partial charge is 0.0990 e. The van der Waals surface area contributed by atoms with Gasteiger partial charge in [0.25, 0.3) is 0 Å². The standard InChI is InChI=1S/C11H21NO/c1-11(5-6-11)9-12-7-3-2-4-8-13-10-12/h2-10H2,1H3. The van der Waals surface area contributed by atoms with Crippen LogP contribution >= 0.6 is 0 Å². The zero-order chi connectivity index (χ0) is 9.15. The van der Waals surface area contributed by atoms with Gasteiger partial charge < -0.3 is 4.74 Å². The van der Waals surface area contributed by atoms with Crippen molar-refractivity contribution in [1.29, 1.82) is 0 Å². The Morgan fingerprint density at radius 1 is 1.23 bits per heavy atom. The first-order chi connectivity index (χ1) is 6.29. The maximum Gasteiger partial charge on any atom is 0.0990 e. The van der Waals surface area contributed by atoms with Crippen LogP contribution in [0.2, 0.25) is 0 Å². The lowest BCUT2D eigenvalue weighted by atomic mass is 10.1. The molecule has 0 aromatic heterocycles. The van der Waals surface area contributed by atoms with E-state index in [1.54, 1.807) is 0 Å². The van der Waals surface area contributed by atoms with Gasteiger partial charge in [0.2, 0.25) is 0 Å². The van der Waals surface area contributed by atoms with Crippen LogP contribution in [-0.4, -0.2) is 31.3 Å². The summed E-state index contributed by atoms with van der Waals surface area (Å²) in [6, 6.07) is 0. The minimum absolute atomic E-state index is 0.641. The Labute approximate surface area is 81.3 Å². The van der Waals surface area contributed by atoms with Gasteiger partial charge >= 0.3 is 0 Å². The highest BCUT2D eigenvalue weighted by atomic mass is 16.5. The van der Waals surface area contributed by atoms with Gasteiger partial charge in [-0.05, 0) is 37.5 Å². The lowest BCUT2D eigenvalue weighted by Crippen LogP contribution is -2.33. The third kappa shape index (κ3) is 2.96. The molecule has 2 aliphatic rings. The van der Waals surface area contributed by atoms with Crippen molar-refractivity contribution in [3.63, 3.8) is 0 Å². The van der Waals surface area contributed by atoms with Gasteiger partial charge in [0.15, 0.2) is 0 Å². The van der Waals surface area contributed by atoms with Gasteiger partial charge in [0.1, 0.15) is 0 Å².